The Morgan fingerprint density at radius 2 is 1.85 bits per heavy atom. The lowest BCUT2D eigenvalue weighted by Gasteiger charge is -2.36. The summed E-state index contributed by atoms with van der Waals surface area (Å²) < 4.78 is 23.9. The molecule has 0 radical (unpaired) electrons. The molecule has 1 aliphatic carbocycles. The van der Waals surface area contributed by atoms with Crippen LogP contribution in [-0.2, 0) is 14.6 Å². The third-order valence-electron chi connectivity index (χ3n) is 4.71. The fourth-order valence-electron chi connectivity index (χ4n) is 3.30. The van der Waals surface area contributed by atoms with Crippen LogP contribution in [-0.4, -0.2) is 37.8 Å². The minimum Gasteiger partial charge on any atom is -0.354 e. The molecule has 4 nitrogen and oxygen atoms in total. The van der Waals surface area contributed by atoms with Gasteiger partial charge in [-0.2, -0.15) is 0 Å². The first kappa shape index (κ1) is 16.1. The molecule has 6 heteroatoms. The van der Waals surface area contributed by atoms with E-state index < -0.39 is 15.1 Å². The fraction of sp³-hybridized carbons (Fsp3) is 0.929. The van der Waals surface area contributed by atoms with Crippen LogP contribution in [0.25, 0.3) is 0 Å². The highest BCUT2D eigenvalue weighted by atomic mass is 35.5. The van der Waals surface area contributed by atoms with Gasteiger partial charge in [-0.05, 0) is 25.7 Å². The number of carbonyl (C=O) groups is 1. The van der Waals surface area contributed by atoms with Crippen LogP contribution in [0, 0.1) is 5.41 Å². The summed E-state index contributed by atoms with van der Waals surface area (Å²) in [5.41, 5.74) is -0.0338. The topological polar surface area (TPSA) is 63.2 Å². The smallest absolute Gasteiger partial charge is 0.238 e. The largest absolute Gasteiger partial charge is 0.354 e. The monoisotopic (exact) mass is 321 g/mol. The van der Waals surface area contributed by atoms with E-state index >= 15 is 0 Å². The van der Waals surface area contributed by atoms with E-state index in [0.29, 0.717) is 25.3 Å². The van der Waals surface area contributed by atoms with Gasteiger partial charge < -0.3 is 5.32 Å². The molecule has 20 heavy (non-hydrogen) atoms. The molecule has 2 rings (SSSR count). The quantitative estimate of drug-likeness (QED) is 0.808. The van der Waals surface area contributed by atoms with Crippen LogP contribution in [0.2, 0.25) is 0 Å². The Hall–Kier alpha value is -0.290. The van der Waals surface area contributed by atoms with Crippen molar-refractivity contribution in [1.82, 2.24) is 5.32 Å². The van der Waals surface area contributed by atoms with E-state index in [4.69, 9.17) is 11.6 Å². The van der Waals surface area contributed by atoms with E-state index in [1.54, 1.807) is 0 Å². The summed E-state index contributed by atoms with van der Waals surface area (Å²) in [7, 11) is -3.25. The van der Waals surface area contributed by atoms with Gasteiger partial charge in [0.2, 0.25) is 5.91 Å². The Morgan fingerprint density at radius 3 is 2.45 bits per heavy atom. The molecule has 1 heterocycles. The summed E-state index contributed by atoms with van der Waals surface area (Å²) in [6, 6.07) is 0. The highest BCUT2D eigenvalue weighted by molar-refractivity contribution is 7.92. The van der Waals surface area contributed by atoms with Crippen molar-refractivity contribution >= 4 is 27.3 Å². The van der Waals surface area contributed by atoms with Crippen molar-refractivity contribution < 1.29 is 13.2 Å². The Balaban J connectivity index is 1.94. The average molecular weight is 322 g/mol. The van der Waals surface area contributed by atoms with Gasteiger partial charge in [0.1, 0.15) is 5.25 Å². The number of carbonyl (C=O) groups excluding carboxylic acids is 1. The number of alkyl halides is 1. The first-order chi connectivity index (χ1) is 9.49. The van der Waals surface area contributed by atoms with Gasteiger partial charge in [-0.1, -0.05) is 25.7 Å². The molecule has 0 spiro atoms. The first-order valence-corrected chi connectivity index (χ1v) is 9.79. The molecular formula is C14H24ClNO3S. The predicted octanol–water partition coefficient (Wildman–Crippen LogP) is 2.26. The van der Waals surface area contributed by atoms with Crippen LogP contribution in [0.5, 0.6) is 0 Å². The average Bonchev–Trinajstić information content (AvgIpc) is 2.45. The van der Waals surface area contributed by atoms with Crippen molar-refractivity contribution in [3.05, 3.63) is 0 Å². The van der Waals surface area contributed by atoms with Gasteiger partial charge in [-0.25, -0.2) is 8.42 Å². The van der Waals surface area contributed by atoms with Gasteiger partial charge in [-0.15, -0.1) is 11.6 Å². The summed E-state index contributed by atoms with van der Waals surface area (Å²) in [5, 5.41) is 2.03. The van der Waals surface area contributed by atoms with E-state index in [-0.39, 0.29) is 17.1 Å². The molecule has 0 aromatic carbocycles. The van der Waals surface area contributed by atoms with Gasteiger partial charge in [-0.3, -0.25) is 4.79 Å². The van der Waals surface area contributed by atoms with Gasteiger partial charge in [0.15, 0.2) is 9.84 Å². The third-order valence-corrected chi connectivity index (χ3v) is 7.45. The second-order valence-electron chi connectivity index (χ2n) is 6.26. The highest BCUT2D eigenvalue weighted by Crippen LogP contribution is 2.36. The molecule has 1 saturated carbocycles. The zero-order valence-electron chi connectivity index (χ0n) is 11.9. The number of hydrogen-bond acceptors (Lipinski definition) is 3. The standard InChI is InChI=1S/C14H24ClNO3S/c15-10-14(7-3-1-4-8-14)11-16-13(17)12-6-2-5-9-20(12,18)19/h12H,1-11H2,(H,16,17). The molecule has 116 valence electrons. The minimum atomic E-state index is -3.25. The first-order valence-electron chi connectivity index (χ1n) is 7.54. The second-order valence-corrected chi connectivity index (χ2v) is 8.83. The van der Waals surface area contributed by atoms with Gasteiger partial charge in [0.05, 0.1) is 5.75 Å². The fourth-order valence-corrected chi connectivity index (χ4v) is 5.48. The molecule has 0 aromatic rings. The molecule has 0 aromatic heterocycles. The molecule has 1 saturated heterocycles. The summed E-state index contributed by atoms with van der Waals surface area (Å²) in [6.45, 7) is 0.515. The normalized spacial score (nSPS) is 28.8. The Morgan fingerprint density at radius 1 is 1.15 bits per heavy atom. The maximum atomic E-state index is 12.2. The second kappa shape index (κ2) is 6.65. The number of nitrogens with one attached hydrogen (secondary N) is 1. The molecule has 0 bridgehead atoms. The molecular weight excluding hydrogens is 298 g/mol. The van der Waals surface area contributed by atoms with Crippen LogP contribution in [0.3, 0.4) is 0 Å². The molecule has 1 N–H and O–H groups in total. The summed E-state index contributed by atoms with van der Waals surface area (Å²) in [5.74, 6) is 0.357. The number of hydrogen-bond donors (Lipinski definition) is 1. The van der Waals surface area contributed by atoms with Crippen molar-refractivity contribution in [3.63, 3.8) is 0 Å². The summed E-state index contributed by atoms with van der Waals surface area (Å²) in [6.07, 6.45) is 7.51. The maximum Gasteiger partial charge on any atom is 0.238 e. The Labute approximate surface area is 126 Å². The Kier molecular flexibility index (Phi) is 5.35. The van der Waals surface area contributed by atoms with Crippen molar-refractivity contribution in [1.29, 1.82) is 0 Å². The minimum absolute atomic E-state index is 0.0338. The SMILES string of the molecule is O=C(NCC1(CCl)CCCCC1)C1CCCCS1(=O)=O. The third kappa shape index (κ3) is 3.67. The van der Waals surface area contributed by atoms with Crippen LogP contribution in [0.1, 0.15) is 51.4 Å². The number of rotatable bonds is 4. The molecule has 1 unspecified atom stereocenters. The van der Waals surface area contributed by atoms with Crippen molar-refractivity contribution in [2.24, 2.45) is 5.41 Å². The van der Waals surface area contributed by atoms with Crippen molar-refractivity contribution in [3.8, 4) is 0 Å². The van der Waals surface area contributed by atoms with E-state index in [0.717, 1.165) is 32.1 Å². The van der Waals surface area contributed by atoms with Crippen LogP contribution in [0.15, 0.2) is 0 Å². The van der Waals surface area contributed by atoms with Gasteiger partial charge >= 0.3 is 0 Å². The van der Waals surface area contributed by atoms with Crippen molar-refractivity contribution in [2.75, 3.05) is 18.2 Å². The van der Waals surface area contributed by atoms with Gasteiger partial charge in [0, 0.05) is 17.8 Å². The van der Waals surface area contributed by atoms with E-state index in [1.165, 1.54) is 6.42 Å². The van der Waals surface area contributed by atoms with E-state index in [9.17, 15) is 13.2 Å². The van der Waals surface area contributed by atoms with E-state index in [1.807, 2.05) is 0 Å². The Bertz CT molecular complexity index is 443. The van der Waals surface area contributed by atoms with E-state index in [2.05, 4.69) is 5.32 Å². The molecule has 1 amide bonds. The highest BCUT2D eigenvalue weighted by Gasteiger charge is 2.37. The zero-order chi connectivity index (χ0) is 14.6. The van der Waals surface area contributed by atoms with Crippen LogP contribution in [0.4, 0.5) is 0 Å². The number of halogens is 1. The molecule has 2 aliphatic rings. The lowest BCUT2D eigenvalue weighted by molar-refractivity contribution is -0.121. The molecule has 2 fully saturated rings. The lowest BCUT2D eigenvalue weighted by Crippen LogP contribution is -2.47. The van der Waals surface area contributed by atoms with Crippen LogP contribution >= 0.6 is 11.6 Å². The van der Waals surface area contributed by atoms with Crippen molar-refractivity contribution in [2.45, 2.75) is 56.6 Å². The maximum absolute atomic E-state index is 12.2. The molecule has 1 atom stereocenters. The number of amides is 1. The zero-order valence-corrected chi connectivity index (χ0v) is 13.4. The summed E-state index contributed by atoms with van der Waals surface area (Å²) in [4.78, 5) is 12.2. The predicted molar refractivity (Wildman–Crippen MR) is 80.7 cm³/mol. The molecule has 1 aliphatic heterocycles. The summed E-state index contributed by atoms with van der Waals surface area (Å²) >= 11 is 6.09. The van der Waals surface area contributed by atoms with Crippen LogP contribution < -0.4 is 5.32 Å². The number of sulfone groups is 1. The lowest BCUT2D eigenvalue weighted by atomic mass is 9.75. The van der Waals surface area contributed by atoms with Gasteiger partial charge in [0.25, 0.3) is 0 Å².